The molecule has 0 saturated carbocycles. The lowest BCUT2D eigenvalue weighted by atomic mass is 10.1. The largest absolute Gasteiger partial charge is 0.496 e. The third kappa shape index (κ3) is 3.27. The number of nitrogens with two attached hydrogens (primary N) is 1. The highest BCUT2D eigenvalue weighted by atomic mass is 19.1. The smallest absolute Gasteiger partial charge is 0.129 e. The summed E-state index contributed by atoms with van der Waals surface area (Å²) in [4.78, 5) is 0. The van der Waals surface area contributed by atoms with Crippen molar-refractivity contribution in [3.05, 3.63) is 58.9 Å². The van der Waals surface area contributed by atoms with Crippen molar-refractivity contribution in [1.82, 2.24) is 0 Å². The molecule has 2 aromatic rings. The number of hydrogen-bond acceptors (Lipinski definition) is 3. The molecule has 106 valence electrons. The molecule has 0 fully saturated rings. The van der Waals surface area contributed by atoms with Crippen molar-refractivity contribution >= 4 is 0 Å². The zero-order valence-corrected chi connectivity index (χ0v) is 11.7. The predicted molar refractivity (Wildman–Crippen MR) is 76.4 cm³/mol. The average molecular weight is 275 g/mol. The van der Waals surface area contributed by atoms with E-state index in [1.165, 1.54) is 6.07 Å². The molecule has 4 heteroatoms. The van der Waals surface area contributed by atoms with E-state index in [9.17, 15) is 4.39 Å². The molecule has 0 heterocycles. The van der Waals surface area contributed by atoms with Crippen molar-refractivity contribution in [2.75, 3.05) is 7.11 Å². The lowest BCUT2D eigenvalue weighted by Gasteiger charge is -2.11. The normalized spacial score (nSPS) is 10.4. The summed E-state index contributed by atoms with van der Waals surface area (Å²) in [6.45, 7) is 2.48. The average Bonchev–Trinajstić information content (AvgIpc) is 2.48. The standard InChI is InChI=1S/C16H18FNO2/c1-11-3-5-14(8-15(11)17)20-10-12-4-6-16(19-2)13(7-12)9-18/h3-8H,9-10,18H2,1-2H3. The molecule has 0 radical (unpaired) electrons. The van der Waals surface area contributed by atoms with Crippen LogP contribution in [0, 0.1) is 12.7 Å². The molecule has 0 atom stereocenters. The third-order valence-electron chi connectivity index (χ3n) is 3.11. The van der Waals surface area contributed by atoms with Crippen LogP contribution in [0.5, 0.6) is 11.5 Å². The first-order valence-corrected chi connectivity index (χ1v) is 6.39. The molecule has 0 amide bonds. The number of aryl methyl sites for hydroxylation is 1. The zero-order valence-electron chi connectivity index (χ0n) is 11.7. The molecule has 0 aliphatic rings. The number of methoxy groups -OCH3 is 1. The van der Waals surface area contributed by atoms with Gasteiger partial charge in [0, 0.05) is 18.2 Å². The minimum Gasteiger partial charge on any atom is -0.496 e. The summed E-state index contributed by atoms with van der Waals surface area (Å²) in [5, 5.41) is 0. The minimum atomic E-state index is -0.264. The van der Waals surface area contributed by atoms with Crippen molar-refractivity contribution in [3.63, 3.8) is 0 Å². The predicted octanol–water partition coefficient (Wildman–Crippen LogP) is 3.18. The van der Waals surface area contributed by atoms with Gasteiger partial charge in [0.05, 0.1) is 7.11 Å². The molecule has 0 bridgehead atoms. The van der Waals surface area contributed by atoms with Gasteiger partial charge in [-0.1, -0.05) is 12.1 Å². The SMILES string of the molecule is COc1ccc(COc2ccc(C)c(F)c2)cc1CN. The number of benzene rings is 2. The van der Waals surface area contributed by atoms with Crippen LogP contribution in [-0.4, -0.2) is 7.11 Å². The van der Waals surface area contributed by atoms with Gasteiger partial charge in [-0.25, -0.2) is 4.39 Å². The first-order chi connectivity index (χ1) is 9.63. The topological polar surface area (TPSA) is 44.5 Å². The zero-order chi connectivity index (χ0) is 14.5. The third-order valence-corrected chi connectivity index (χ3v) is 3.11. The van der Waals surface area contributed by atoms with Gasteiger partial charge < -0.3 is 15.2 Å². The number of rotatable bonds is 5. The minimum absolute atomic E-state index is 0.264. The Bertz CT molecular complexity index is 599. The molecule has 0 aliphatic heterocycles. The fourth-order valence-corrected chi connectivity index (χ4v) is 1.91. The van der Waals surface area contributed by atoms with Crippen molar-refractivity contribution in [2.45, 2.75) is 20.1 Å². The Kier molecular flexibility index (Phi) is 4.58. The Morgan fingerprint density at radius 2 is 1.95 bits per heavy atom. The summed E-state index contributed by atoms with van der Waals surface area (Å²) in [7, 11) is 1.61. The number of ether oxygens (including phenoxy) is 2. The van der Waals surface area contributed by atoms with E-state index in [2.05, 4.69) is 0 Å². The Labute approximate surface area is 118 Å². The molecule has 2 N–H and O–H groups in total. The lowest BCUT2D eigenvalue weighted by Crippen LogP contribution is -2.03. The second-order valence-corrected chi connectivity index (χ2v) is 4.55. The maximum absolute atomic E-state index is 13.4. The van der Waals surface area contributed by atoms with E-state index in [0.717, 1.165) is 16.9 Å². The molecule has 0 saturated heterocycles. The molecule has 0 spiro atoms. The van der Waals surface area contributed by atoms with Crippen LogP contribution >= 0.6 is 0 Å². The van der Waals surface area contributed by atoms with E-state index in [1.807, 2.05) is 18.2 Å². The van der Waals surface area contributed by atoms with Gasteiger partial charge in [0.2, 0.25) is 0 Å². The van der Waals surface area contributed by atoms with Crippen molar-refractivity contribution in [2.24, 2.45) is 5.73 Å². The second-order valence-electron chi connectivity index (χ2n) is 4.55. The monoisotopic (exact) mass is 275 g/mol. The molecule has 0 unspecified atom stereocenters. The Hall–Kier alpha value is -2.07. The molecular formula is C16H18FNO2. The quantitative estimate of drug-likeness (QED) is 0.911. The Morgan fingerprint density at radius 1 is 1.15 bits per heavy atom. The van der Waals surface area contributed by atoms with Crippen molar-refractivity contribution in [3.8, 4) is 11.5 Å². The first kappa shape index (κ1) is 14.3. The van der Waals surface area contributed by atoms with Crippen molar-refractivity contribution in [1.29, 1.82) is 0 Å². The molecule has 20 heavy (non-hydrogen) atoms. The maximum Gasteiger partial charge on any atom is 0.129 e. The van der Waals surface area contributed by atoms with Crippen LogP contribution < -0.4 is 15.2 Å². The van der Waals surface area contributed by atoms with Crippen LogP contribution in [0.4, 0.5) is 4.39 Å². The van der Waals surface area contributed by atoms with E-state index in [-0.39, 0.29) is 5.82 Å². The van der Waals surface area contributed by atoms with Gasteiger partial charge >= 0.3 is 0 Å². The first-order valence-electron chi connectivity index (χ1n) is 6.39. The van der Waals surface area contributed by atoms with Crippen LogP contribution in [0.2, 0.25) is 0 Å². The highest BCUT2D eigenvalue weighted by molar-refractivity contribution is 5.37. The highest BCUT2D eigenvalue weighted by Gasteiger charge is 2.05. The van der Waals surface area contributed by atoms with Gasteiger partial charge in [0.25, 0.3) is 0 Å². The molecule has 3 nitrogen and oxygen atoms in total. The summed E-state index contributed by atoms with van der Waals surface area (Å²) in [6.07, 6.45) is 0. The van der Waals surface area contributed by atoms with E-state index in [1.54, 1.807) is 26.2 Å². The highest BCUT2D eigenvalue weighted by Crippen LogP contribution is 2.21. The summed E-state index contributed by atoms with van der Waals surface area (Å²) in [6, 6.07) is 10.5. The Morgan fingerprint density at radius 3 is 2.60 bits per heavy atom. The molecule has 2 aromatic carbocycles. The van der Waals surface area contributed by atoms with Gasteiger partial charge in [-0.2, -0.15) is 0 Å². The fourth-order valence-electron chi connectivity index (χ4n) is 1.91. The van der Waals surface area contributed by atoms with Gasteiger partial charge in [-0.15, -0.1) is 0 Å². The van der Waals surface area contributed by atoms with Gasteiger partial charge in [0.15, 0.2) is 0 Å². The number of halogens is 1. The van der Waals surface area contributed by atoms with Crippen molar-refractivity contribution < 1.29 is 13.9 Å². The molecule has 2 rings (SSSR count). The fraction of sp³-hybridized carbons (Fsp3) is 0.250. The van der Waals surface area contributed by atoms with Crippen LogP contribution in [0.15, 0.2) is 36.4 Å². The maximum atomic E-state index is 13.4. The molecular weight excluding hydrogens is 257 g/mol. The van der Waals surface area contributed by atoms with Gasteiger partial charge in [-0.3, -0.25) is 0 Å². The lowest BCUT2D eigenvalue weighted by molar-refractivity contribution is 0.304. The van der Waals surface area contributed by atoms with E-state index < -0.39 is 0 Å². The molecule has 0 aliphatic carbocycles. The summed E-state index contributed by atoms with van der Waals surface area (Å²) < 4.78 is 24.2. The van der Waals surface area contributed by atoms with Gasteiger partial charge in [0.1, 0.15) is 23.9 Å². The molecule has 0 aromatic heterocycles. The van der Waals surface area contributed by atoms with Gasteiger partial charge in [-0.05, 0) is 36.2 Å². The summed E-state index contributed by atoms with van der Waals surface area (Å²) in [5.74, 6) is 1.01. The number of hydrogen-bond donors (Lipinski definition) is 1. The Balaban J connectivity index is 2.08. The van der Waals surface area contributed by atoms with Crippen LogP contribution in [-0.2, 0) is 13.2 Å². The van der Waals surface area contributed by atoms with E-state index >= 15 is 0 Å². The summed E-state index contributed by atoms with van der Waals surface area (Å²) in [5.41, 5.74) is 8.16. The van der Waals surface area contributed by atoms with Crippen LogP contribution in [0.3, 0.4) is 0 Å². The van der Waals surface area contributed by atoms with E-state index in [4.69, 9.17) is 15.2 Å². The van der Waals surface area contributed by atoms with Crippen LogP contribution in [0.1, 0.15) is 16.7 Å². The van der Waals surface area contributed by atoms with Crippen LogP contribution in [0.25, 0.3) is 0 Å². The summed E-state index contributed by atoms with van der Waals surface area (Å²) >= 11 is 0. The van der Waals surface area contributed by atoms with E-state index in [0.29, 0.717) is 24.5 Å². The second kappa shape index (κ2) is 6.39.